The molecule has 0 unspecified atom stereocenters. The number of phenolic OH excluding ortho intramolecular Hbond substituents is 1. The molecule has 3 rings (SSSR count). The molecule has 0 fully saturated rings. The summed E-state index contributed by atoms with van der Waals surface area (Å²) in [6.45, 7) is 3.32. The minimum atomic E-state index is -1.03. The number of aromatic hydroxyl groups is 1. The van der Waals surface area contributed by atoms with Gasteiger partial charge in [0.15, 0.2) is 0 Å². The quantitative estimate of drug-likeness (QED) is 0.823. The van der Waals surface area contributed by atoms with Gasteiger partial charge in [-0.3, -0.25) is 4.79 Å². The third kappa shape index (κ3) is 1.78. The largest absolute Gasteiger partial charge is 0.508 e. The number of nitrogens with zero attached hydrogens (tertiary/aromatic N) is 1. The maximum Gasteiger partial charge on any atom is 0.257 e. The van der Waals surface area contributed by atoms with Crippen LogP contribution in [0.4, 0.5) is 0 Å². The topological polar surface area (TPSA) is 71.7 Å². The number of aliphatic hydroxyl groups is 1. The van der Waals surface area contributed by atoms with E-state index in [1.165, 1.54) is 6.07 Å². The summed E-state index contributed by atoms with van der Waals surface area (Å²) < 4.78 is 7.35. The van der Waals surface area contributed by atoms with E-state index < -0.39 is 11.7 Å². The first-order valence-electron chi connectivity index (χ1n) is 6.52. The normalized spacial score (nSPS) is 18.1. The van der Waals surface area contributed by atoms with E-state index in [2.05, 4.69) is 0 Å². The summed E-state index contributed by atoms with van der Waals surface area (Å²) in [7, 11) is 1.69. The lowest BCUT2D eigenvalue weighted by atomic mass is 9.97. The van der Waals surface area contributed by atoms with Gasteiger partial charge in [0, 0.05) is 18.9 Å². The molecule has 0 saturated heterocycles. The molecule has 1 aromatic heterocycles. The zero-order valence-corrected chi connectivity index (χ0v) is 11.7. The van der Waals surface area contributed by atoms with Gasteiger partial charge in [-0.2, -0.15) is 0 Å². The second kappa shape index (κ2) is 3.99. The van der Waals surface area contributed by atoms with Crippen LogP contribution in [0.15, 0.2) is 23.0 Å². The SMILES string of the molecule is Cn1c(=O)c2c(c3cc(O)ccc31)O[C@H](C(C)(C)O)C2. The molecule has 5 heteroatoms. The number of aryl methyl sites for hydroxylation is 1. The molecule has 0 amide bonds. The second-order valence-corrected chi connectivity index (χ2v) is 5.84. The van der Waals surface area contributed by atoms with Crippen LogP contribution in [0.2, 0.25) is 0 Å². The molecule has 1 aromatic carbocycles. The van der Waals surface area contributed by atoms with Gasteiger partial charge in [0.2, 0.25) is 0 Å². The summed E-state index contributed by atoms with van der Waals surface area (Å²) in [5.41, 5.74) is 0.0957. The van der Waals surface area contributed by atoms with E-state index in [0.717, 1.165) is 0 Å². The average molecular weight is 275 g/mol. The first-order chi connectivity index (χ1) is 9.29. The fourth-order valence-electron chi connectivity index (χ4n) is 2.65. The van der Waals surface area contributed by atoms with Crippen LogP contribution >= 0.6 is 0 Å². The average Bonchev–Trinajstić information content (AvgIpc) is 2.81. The van der Waals surface area contributed by atoms with Crippen LogP contribution in [0.1, 0.15) is 19.4 Å². The van der Waals surface area contributed by atoms with Crippen molar-refractivity contribution in [1.82, 2.24) is 4.57 Å². The van der Waals surface area contributed by atoms with E-state index >= 15 is 0 Å². The number of pyridine rings is 1. The van der Waals surface area contributed by atoms with Crippen molar-refractivity contribution in [3.8, 4) is 11.5 Å². The van der Waals surface area contributed by atoms with Gasteiger partial charge in [0.1, 0.15) is 17.6 Å². The number of aromatic nitrogens is 1. The number of rotatable bonds is 1. The maximum atomic E-state index is 12.4. The van der Waals surface area contributed by atoms with E-state index in [9.17, 15) is 15.0 Å². The Kier molecular flexibility index (Phi) is 2.59. The first-order valence-corrected chi connectivity index (χ1v) is 6.52. The fraction of sp³-hybridized carbons (Fsp3) is 0.400. The van der Waals surface area contributed by atoms with Crippen molar-refractivity contribution in [3.63, 3.8) is 0 Å². The molecule has 2 heterocycles. The molecule has 20 heavy (non-hydrogen) atoms. The van der Waals surface area contributed by atoms with Gasteiger partial charge in [-0.05, 0) is 32.0 Å². The highest BCUT2D eigenvalue weighted by atomic mass is 16.5. The second-order valence-electron chi connectivity index (χ2n) is 5.84. The van der Waals surface area contributed by atoms with Gasteiger partial charge < -0.3 is 19.5 Å². The zero-order chi connectivity index (χ0) is 14.7. The number of phenols is 1. The molecule has 2 N–H and O–H groups in total. The van der Waals surface area contributed by atoms with Crippen molar-refractivity contribution >= 4 is 10.9 Å². The van der Waals surface area contributed by atoms with Crippen LogP contribution in [0, 0.1) is 0 Å². The molecule has 0 saturated carbocycles. The molecule has 0 spiro atoms. The van der Waals surface area contributed by atoms with E-state index in [1.807, 2.05) is 0 Å². The number of hydrogen-bond donors (Lipinski definition) is 2. The lowest BCUT2D eigenvalue weighted by Crippen LogP contribution is -2.39. The lowest BCUT2D eigenvalue weighted by molar-refractivity contribution is -0.0224. The number of benzene rings is 1. The van der Waals surface area contributed by atoms with Gasteiger partial charge in [-0.25, -0.2) is 0 Å². The van der Waals surface area contributed by atoms with E-state index in [0.29, 0.717) is 28.6 Å². The molecular weight excluding hydrogens is 258 g/mol. The van der Waals surface area contributed by atoms with Gasteiger partial charge in [-0.15, -0.1) is 0 Å². The molecule has 1 atom stereocenters. The van der Waals surface area contributed by atoms with Gasteiger partial charge in [-0.1, -0.05) is 0 Å². The fourth-order valence-corrected chi connectivity index (χ4v) is 2.65. The van der Waals surface area contributed by atoms with Crippen LogP contribution in [0.25, 0.3) is 10.9 Å². The molecule has 106 valence electrons. The molecule has 0 bridgehead atoms. The van der Waals surface area contributed by atoms with E-state index in [4.69, 9.17) is 4.74 Å². The van der Waals surface area contributed by atoms with Crippen LogP contribution in [-0.4, -0.2) is 26.5 Å². The summed E-state index contributed by atoms with van der Waals surface area (Å²) in [4.78, 5) is 12.4. The summed E-state index contributed by atoms with van der Waals surface area (Å²) in [6.07, 6.45) is -0.0879. The summed E-state index contributed by atoms with van der Waals surface area (Å²) in [6, 6.07) is 4.81. The van der Waals surface area contributed by atoms with Crippen molar-refractivity contribution in [1.29, 1.82) is 0 Å². The van der Waals surface area contributed by atoms with Gasteiger partial charge in [0.05, 0.1) is 16.7 Å². The van der Waals surface area contributed by atoms with E-state index in [-0.39, 0.29) is 11.3 Å². The molecule has 1 aliphatic heterocycles. The number of ether oxygens (including phenoxy) is 1. The van der Waals surface area contributed by atoms with E-state index in [1.54, 1.807) is 37.6 Å². The predicted molar refractivity (Wildman–Crippen MR) is 75.3 cm³/mol. The third-order valence-corrected chi connectivity index (χ3v) is 3.86. The molecule has 5 nitrogen and oxygen atoms in total. The minimum Gasteiger partial charge on any atom is -0.508 e. The highest BCUT2D eigenvalue weighted by Crippen LogP contribution is 2.37. The predicted octanol–water partition coefficient (Wildman–Crippen LogP) is 1.32. The molecule has 2 aromatic rings. The molecule has 1 aliphatic rings. The smallest absolute Gasteiger partial charge is 0.257 e. The Hall–Kier alpha value is -2.01. The Labute approximate surface area is 116 Å². The molecule has 0 radical (unpaired) electrons. The Bertz CT molecular complexity index is 755. The van der Waals surface area contributed by atoms with Gasteiger partial charge >= 0.3 is 0 Å². The minimum absolute atomic E-state index is 0.119. The number of fused-ring (bicyclic) bond motifs is 3. The summed E-state index contributed by atoms with van der Waals surface area (Å²) in [5, 5.41) is 20.4. The van der Waals surface area contributed by atoms with Crippen LogP contribution in [0.5, 0.6) is 11.5 Å². The van der Waals surface area contributed by atoms with Crippen LogP contribution < -0.4 is 10.3 Å². The highest BCUT2D eigenvalue weighted by Gasteiger charge is 2.37. The zero-order valence-electron chi connectivity index (χ0n) is 11.7. The van der Waals surface area contributed by atoms with Gasteiger partial charge in [0.25, 0.3) is 5.56 Å². The molecule has 0 aliphatic carbocycles. The van der Waals surface area contributed by atoms with Crippen molar-refractivity contribution in [2.75, 3.05) is 0 Å². The van der Waals surface area contributed by atoms with Crippen LogP contribution in [0.3, 0.4) is 0 Å². The lowest BCUT2D eigenvalue weighted by Gasteiger charge is -2.24. The Morgan fingerprint density at radius 1 is 1.40 bits per heavy atom. The monoisotopic (exact) mass is 275 g/mol. The Morgan fingerprint density at radius 3 is 2.75 bits per heavy atom. The van der Waals surface area contributed by atoms with Crippen LogP contribution in [-0.2, 0) is 13.5 Å². The standard InChI is InChI=1S/C15H17NO4/c1-15(2,19)12-7-10-13(20-12)9-6-8(17)4-5-11(9)16(3)14(10)18/h4-6,12,17,19H,7H2,1-3H3/t12-/m0/s1. The highest BCUT2D eigenvalue weighted by molar-refractivity contribution is 5.88. The van der Waals surface area contributed by atoms with Crippen molar-refractivity contribution in [2.45, 2.75) is 32.0 Å². The maximum absolute atomic E-state index is 12.4. The van der Waals surface area contributed by atoms with Crippen molar-refractivity contribution < 1.29 is 14.9 Å². The summed E-state index contributed by atoms with van der Waals surface area (Å²) in [5.74, 6) is 0.597. The van der Waals surface area contributed by atoms with Crippen molar-refractivity contribution in [3.05, 3.63) is 34.1 Å². The first kappa shape index (κ1) is 13.0. The Balaban J connectivity index is 2.30. The van der Waals surface area contributed by atoms with Crippen molar-refractivity contribution in [2.24, 2.45) is 7.05 Å². The Morgan fingerprint density at radius 2 is 2.10 bits per heavy atom. The summed E-state index contributed by atoms with van der Waals surface area (Å²) >= 11 is 0. The third-order valence-electron chi connectivity index (χ3n) is 3.86. The molecular formula is C15H17NO4. The number of hydrogen-bond acceptors (Lipinski definition) is 4.